The summed E-state index contributed by atoms with van der Waals surface area (Å²) in [6.45, 7) is 11.7. The predicted octanol–water partition coefficient (Wildman–Crippen LogP) is 3.80. The summed E-state index contributed by atoms with van der Waals surface area (Å²) in [5, 5.41) is 0. The first kappa shape index (κ1) is 16.0. The fraction of sp³-hybridized carbons (Fsp3) is 0.611. The third-order valence-electron chi connectivity index (χ3n) is 4.22. The molecule has 1 heterocycles. The lowest BCUT2D eigenvalue weighted by Gasteiger charge is -2.30. The van der Waals surface area contributed by atoms with Crippen molar-refractivity contribution < 1.29 is 9.53 Å². The van der Waals surface area contributed by atoms with Gasteiger partial charge in [-0.3, -0.25) is 9.69 Å². The molecule has 1 aliphatic rings. The Morgan fingerprint density at radius 3 is 2.48 bits per heavy atom. The van der Waals surface area contributed by atoms with Crippen molar-refractivity contribution in [3.05, 3.63) is 35.9 Å². The number of esters is 1. The highest BCUT2D eigenvalue weighted by Gasteiger charge is 2.44. The molecule has 0 bridgehead atoms. The van der Waals surface area contributed by atoms with Crippen LogP contribution >= 0.6 is 0 Å². The van der Waals surface area contributed by atoms with Gasteiger partial charge in [-0.05, 0) is 53.1 Å². The number of hydrogen-bond donors (Lipinski definition) is 0. The second-order valence-electron chi connectivity index (χ2n) is 7.37. The number of carbonyl (C=O) groups excluding carboxylic acids is 1. The molecule has 116 valence electrons. The summed E-state index contributed by atoms with van der Waals surface area (Å²) in [5.41, 5.74) is 0.487. The van der Waals surface area contributed by atoms with Gasteiger partial charge in [-0.25, -0.2) is 0 Å². The SMILES string of the molecule is C[C@H](c1ccccc1)N1CC[C@@](C)(C(=O)OC(C)(C)C)C1. The maximum atomic E-state index is 12.4. The largest absolute Gasteiger partial charge is 0.460 e. The van der Waals surface area contributed by atoms with Gasteiger partial charge in [0.2, 0.25) is 0 Å². The number of hydrogen-bond acceptors (Lipinski definition) is 3. The number of rotatable bonds is 3. The summed E-state index contributed by atoms with van der Waals surface area (Å²) >= 11 is 0. The van der Waals surface area contributed by atoms with Crippen LogP contribution in [0.3, 0.4) is 0 Å². The molecule has 0 aromatic heterocycles. The number of benzene rings is 1. The second-order valence-corrected chi connectivity index (χ2v) is 7.37. The first-order chi connectivity index (χ1) is 9.71. The fourth-order valence-corrected chi connectivity index (χ4v) is 2.84. The van der Waals surface area contributed by atoms with Crippen molar-refractivity contribution in [3.63, 3.8) is 0 Å². The molecule has 2 atom stereocenters. The Balaban J connectivity index is 2.04. The molecule has 0 spiro atoms. The average Bonchev–Trinajstić information content (AvgIpc) is 2.81. The lowest BCUT2D eigenvalue weighted by atomic mass is 9.89. The Bertz CT molecular complexity index is 492. The van der Waals surface area contributed by atoms with Crippen LogP contribution in [0.2, 0.25) is 0 Å². The standard InChI is InChI=1S/C18H27NO2/c1-14(15-9-7-6-8-10-15)19-12-11-18(5,13-19)16(20)21-17(2,3)4/h6-10,14H,11-13H2,1-5H3/t14-,18-/m1/s1. The molecule has 1 fully saturated rings. The van der Waals surface area contributed by atoms with Gasteiger partial charge in [-0.2, -0.15) is 0 Å². The minimum atomic E-state index is -0.418. The molecule has 1 aliphatic heterocycles. The van der Waals surface area contributed by atoms with E-state index in [0.717, 1.165) is 19.5 Å². The first-order valence-corrected chi connectivity index (χ1v) is 7.74. The van der Waals surface area contributed by atoms with Crippen LogP contribution in [0.5, 0.6) is 0 Å². The zero-order valence-corrected chi connectivity index (χ0v) is 13.8. The van der Waals surface area contributed by atoms with Crippen molar-refractivity contribution in [2.45, 2.75) is 52.7 Å². The Kier molecular flexibility index (Phi) is 4.43. The van der Waals surface area contributed by atoms with E-state index in [2.05, 4.69) is 36.1 Å². The molecule has 2 rings (SSSR count). The van der Waals surface area contributed by atoms with Gasteiger partial charge < -0.3 is 4.74 Å². The van der Waals surface area contributed by atoms with E-state index in [1.807, 2.05) is 33.8 Å². The lowest BCUT2D eigenvalue weighted by Crippen LogP contribution is -2.38. The quantitative estimate of drug-likeness (QED) is 0.793. The van der Waals surface area contributed by atoms with Crippen LogP contribution in [-0.4, -0.2) is 29.6 Å². The number of carbonyl (C=O) groups is 1. The van der Waals surface area contributed by atoms with Gasteiger partial charge >= 0.3 is 5.97 Å². The molecule has 0 saturated carbocycles. The maximum absolute atomic E-state index is 12.4. The number of nitrogens with zero attached hydrogens (tertiary/aromatic N) is 1. The van der Waals surface area contributed by atoms with Crippen molar-refractivity contribution in [1.29, 1.82) is 0 Å². The molecule has 0 N–H and O–H groups in total. The summed E-state index contributed by atoms with van der Waals surface area (Å²) in [6, 6.07) is 10.8. The number of ether oxygens (including phenoxy) is 1. The summed E-state index contributed by atoms with van der Waals surface area (Å²) in [7, 11) is 0. The lowest BCUT2D eigenvalue weighted by molar-refractivity contribution is -0.166. The smallest absolute Gasteiger partial charge is 0.313 e. The second kappa shape index (κ2) is 5.80. The molecule has 0 radical (unpaired) electrons. The van der Waals surface area contributed by atoms with Crippen molar-refractivity contribution in [3.8, 4) is 0 Å². The maximum Gasteiger partial charge on any atom is 0.313 e. The Morgan fingerprint density at radius 2 is 1.90 bits per heavy atom. The molecule has 0 amide bonds. The van der Waals surface area contributed by atoms with Gasteiger partial charge in [0.25, 0.3) is 0 Å². The zero-order chi connectivity index (χ0) is 15.7. The Labute approximate surface area is 128 Å². The third-order valence-corrected chi connectivity index (χ3v) is 4.22. The van der Waals surface area contributed by atoms with Gasteiger partial charge in [0.05, 0.1) is 5.41 Å². The van der Waals surface area contributed by atoms with E-state index >= 15 is 0 Å². The topological polar surface area (TPSA) is 29.5 Å². The van der Waals surface area contributed by atoms with Gasteiger partial charge in [0.1, 0.15) is 5.60 Å². The highest BCUT2D eigenvalue weighted by Crippen LogP contribution is 2.37. The molecule has 1 aromatic rings. The van der Waals surface area contributed by atoms with Crippen LogP contribution in [0.25, 0.3) is 0 Å². The highest BCUT2D eigenvalue weighted by molar-refractivity contribution is 5.77. The van der Waals surface area contributed by atoms with Crippen molar-refractivity contribution in [2.24, 2.45) is 5.41 Å². The van der Waals surface area contributed by atoms with Crippen LogP contribution in [0, 0.1) is 5.41 Å². The molecule has 21 heavy (non-hydrogen) atoms. The molecular weight excluding hydrogens is 262 g/mol. The monoisotopic (exact) mass is 289 g/mol. The molecule has 3 heteroatoms. The van der Waals surface area contributed by atoms with Crippen molar-refractivity contribution >= 4 is 5.97 Å². The Hall–Kier alpha value is -1.35. The minimum absolute atomic E-state index is 0.0715. The van der Waals surface area contributed by atoms with E-state index in [0.29, 0.717) is 6.04 Å². The van der Waals surface area contributed by atoms with Crippen LogP contribution in [-0.2, 0) is 9.53 Å². The predicted molar refractivity (Wildman–Crippen MR) is 85.0 cm³/mol. The van der Waals surface area contributed by atoms with Gasteiger partial charge in [0, 0.05) is 12.6 Å². The van der Waals surface area contributed by atoms with E-state index in [-0.39, 0.29) is 5.97 Å². The van der Waals surface area contributed by atoms with Gasteiger partial charge in [-0.1, -0.05) is 30.3 Å². The van der Waals surface area contributed by atoms with E-state index in [9.17, 15) is 4.79 Å². The zero-order valence-electron chi connectivity index (χ0n) is 13.8. The summed E-state index contributed by atoms with van der Waals surface area (Å²) in [6.07, 6.45) is 0.860. The highest BCUT2D eigenvalue weighted by atomic mass is 16.6. The van der Waals surface area contributed by atoms with Crippen LogP contribution in [0.4, 0.5) is 0 Å². The summed E-state index contributed by atoms with van der Waals surface area (Å²) in [4.78, 5) is 14.8. The van der Waals surface area contributed by atoms with Crippen LogP contribution < -0.4 is 0 Å². The van der Waals surface area contributed by atoms with Gasteiger partial charge in [-0.15, -0.1) is 0 Å². The summed E-state index contributed by atoms with van der Waals surface area (Å²) < 4.78 is 5.59. The Morgan fingerprint density at radius 1 is 1.29 bits per heavy atom. The van der Waals surface area contributed by atoms with E-state index < -0.39 is 11.0 Å². The molecule has 1 saturated heterocycles. The van der Waals surface area contributed by atoms with Crippen LogP contribution in [0.15, 0.2) is 30.3 Å². The van der Waals surface area contributed by atoms with E-state index in [1.54, 1.807) is 0 Å². The molecule has 1 aromatic carbocycles. The third kappa shape index (κ3) is 3.85. The van der Waals surface area contributed by atoms with Crippen molar-refractivity contribution in [1.82, 2.24) is 4.90 Å². The van der Waals surface area contributed by atoms with Crippen LogP contribution in [0.1, 0.15) is 52.6 Å². The van der Waals surface area contributed by atoms with Crippen molar-refractivity contribution in [2.75, 3.05) is 13.1 Å². The normalized spacial score (nSPS) is 24.8. The van der Waals surface area contributed by atoms with Gasteiger partial charge in [0.15, 0.2) is 0 Å². The van der Waals surface area contributed by atoms with E-state index in [1.165, 1.54) is 5.56 Å². The fourth-order valence-electron chi connectivity index (χ4n) is 2.84. The molecule has 0 aliphatic carbocycles. The first-order valence-electron chi connectivity index (χ1n) is 7.74. The summed E-state index contributed by atoms with van der Waals surface area (Å²) in [5.74, 6) is -0.0715. The molecular formula is C18H27NO2. The van der Waals surface area contributed by atoms with E-state index in [4.69, 9.17) is 4.74 Å². The average molecular weight is 289 g/mol. The molecule has 3 nitrogen and oxygen atoms in total. The number of likely N-dealkylation sites (tertiary alicyclic amines) is 1. The minimum Gasteiger partial charge on any atom is -0.460 e. The molecule has 0 unspecified atom stereocenters.